The molecule has 0 bridgehead atoms. The molecule has 2 rings (SSSR count). The zero-order chi connectivity index (χ0) is 15.5. The van der Waals surface area contributed by atoms with Gasteiger partial charge in [0.15, 0.2) is 0 Å². The summed E-state index contributed by atoms with van der Waals surface area (Å²) in [6.07, 6.45) is 0. The van der Waals surface area contributed by atoms with E-state index in [4.69, 9.17) is 0 Å². The standard InChI is InChI=1S/C15H17BrN2O2S/c1-11(12-6-8-13(16)9-7-12)18-14-4-3-5-15(10-14)21(19,20)17-2/h3-11,17-18H,1-2H3. The number of hydrogen-bond donors (Lipinski definition) is 2. The molecular weight excluding hydrogens is 352 g/mol. The third-order valence-corrected chi connectivity index (χ3v) is 5.11. The average molecular weight is 369 g/mol. The van der Waals surface area contributed by atoms with Gasteiger partial charge in [-0.1, -0.05) is 34.1 Å². The third kappa shape index (κ3) is 4.06. The van der Waals surface area contributed by atoms with Crippen LogP contribution in [0.25, 0.3) is 0 Å². The molecule has 112 valence electrons. The molecule has 21 heavy (non-hydrogen) atoms. The van der Waals surface area contributed by atoms with Crippen LogP contribution in [0.15, 0.2) is 57.9 Å². The number of benzene rings is 2. The quantitative estimate of drug-likeness (QED) is 0.848. The lowest BCUT2D eigenvalue weighted by Gasteiger charge is -2.16. The fourth-order valence-electron chi connectivity index (χ4n) is 1.96. The van der Waals surface area contributed by atoms with Gasteiger partial charge in [0.2, 0.25) is 10.0 Å². The Morgan fingerprint density at radius 1 is 1.10 bits per heavy atom. The van der Waals surface area contributed by atoms with Gasteiger partial charge < -0.3 is 5.32 Å². The fraction of sp³-hybridized carbons (Fsp3) is 0.200. The van der Waals surface area contributed by atoms with Crippen molar-refractivity contribution < 1.29 is 8.42 Å². The van der Waals surface area contributed by atoms with E-state index in [0.29, 0.717) is 0 Å². The predicted molar refractivity (Wildman–Crippen MR) is 88.9 cm³/mol. The molecule has 6 heteroatoms. The molecule has 0 fully saturated rings. The minimum absolute atomic E-state index is 0.0747. The van der Waals surface area contributed by atoms with Crippen LogP contribution in [-0.2, 0) is 10.0 Å². The van der Waals surface area contributed by atoms with Crippen LogP contribution in [0.2, 0.25) is 0 Å². The van der Waals surface area contributed by atoms with Crippen molar-refractivity contribution in [2.75, 3.05) is 12.4 Å². The average Bonchev–Trinajstić information content (AvgIpc) is 2.48. The Morgan fingerprint density at radius 2 is 1.76 bits per heavy atom. The number of sulfonamides is 1. The third-order valence-electron chi connectivity index (χ3n) is 3.17. The van der Waals surface area contributed by atoms with Crippen LogP contribution < -0.4 is 10.0 Å². The van der Waals surface area contributed by atoms with Crippen LogP contribution in [-0.4, -0.2) is 15.5 Å². The van der Waals surface area contributed by atoms with Crippen LogP contribution in [0, 0.1) is 0 Å². The highest BCUT2D eigenvalue weighted by Gasteiger charge is 2.12. The zero-order valence-corrected chi connectivity index (χ0v) is 14.2. The van der Waals surface area contributed by atoms with Crippen molar-refractivity contribution in [2.24, 2.45) is 0 Å². The van der Waals surface area contributed by atoms with E-state index in [9.17, 15) is 8.42 Å². The lowest BCUT2D eigenvalue weighted by Crippen LogP contribution is -2.18. The molecule has 4 nitrogen and oxygen atoms in total. The molecular formula is C15H17BrN2O2S. The fourth-order valence-corrected chi connectivity index (χ4v) is 3.00. The highest BCUT2D eigenvalue weighted by atomic mass is 79.9. The van der Waals surface area contributed by atoms with Gasteiger partial charge in [0.25, 0.3) is 0 Å². The van der Waals surface area contributed by atoms with E-state index >= 15 is 0 Å². The number of nitrogens with one attached hydrogen (secondary N) is 2. The summed E-state index contributed by atoms with van der Waals surface area (Å²) in [5.41, 5.74) is 1.89. The maximum atomic E-state index is 11.8. The first-order valence-electron chi connectivity index (χ1n) is 6.48. The van der Waals surface area contributed by atoms with Gasteiger partial charge in [-0.05, 0) is 49.9 Å². The first kappa shape index (κ1) is 16.0. The molecule has 0 aromatic heterocycles. The second-order valence-corrected chi connectivity index (χ2v) is 7.46. The van der Waals surface area contributed by atoms with Crippen LogP contribution in [0.1, 0.15) is 18.5 Å². The summed E-state index contributed by atoms with van der Waals surface area (Å²) in [6.45, 7) is 2.03. The Balaban J connectivity index is 2.20. The Labute approximate surface area is 133 Å². The molecule has 1 unspecified atom stereocenters. The maximum Gasteiger partial charge on any atom is 0.240 e. The Morgan fingerprint density at radius 3 is 2.38 bits per heavy atom. The predicted octanol–water partition coefficient (Wildman–Crippen LogP) is 3.53. The van der Waals surface area contributed by atoms with Gasteiger partial charge in [0.1, 0.15) is 0 Å². The molecule has 0 aliphatic heterocycles. The summed E-state index contributed by atoms with van der Waals surface area (Å²) in [5, 5.41) is 3.31. The monoisotopic (exact) mass is 368 g/mol. The van der Waals surface area contributed by atoms with E-state index in [-0.39, 0.29) is 10.9 Å². The molecule has 0 heterocycles. The smallest absolute Gasteiger partial charge is 0.240 e. The summed E-state index contributed by atoms with van der Waals surface area (Å²) in [4.78, 5) is 0.248. The summed E-state index contributed by atoms with van der Waals surface area (Å²) in [5.74, 6) is 0. The van der Waals surface area contributed by atoms with Gasteiger partial charge in [-0.2, -0.15) is 0 Å². The van der Waals surface area contributed by atoms with E-state index in [1.54, 1.807) is 18.2 Å². The Bertz CT molecular complexity index is 715. The molecule has 2 aromatic rings. The van der Waals surface area contributed by atoms with Crippen LogP contribution in [0.5, 0.6) is 0 Å². The molecule has 0 aliphatic rings. The van der Waals surface area contributed by atoms with E-state index < -0.39 is 10.0 Å². The topological polar surface area (TPSA) is 58.2 Å². The van der Waals surface area contributed by atoms with E-state index in [1.165, 1.54) is 7.05 Å². The maximum absolute atomic E-state index is 11.8. The van der Waals surface area contributed by atoms with Crippen molar-refractivity contribution in [1.82, 2.24) is 4.72 Å². The lowest BCUT2D eigenvalue weighted by atomic mass is 10.1. The lowest BCUT2D eigenvalue weighted by molar-refractivity contribution is 0.588. The van der Waals surface area contributed by atoms with E-state index in [2.05, 4.69) is 26.0 Å². The summed E-state index contributed by atoms with van der Waals surface area (Å²) >= 11 is 3.41. The molecule has 0 amide bonds. The second-order valence-electron chi connectivity index (χ2n) is 4.65. The van der Waals surface area contributed by atoms with Crippen molar-refractivity contribution in [2.45, 2.75) is 17.9 Å². The van der Waals surface area contributed by atoms with Crippen LogP contribution >= 0.6 is 15.9 Å². The largest absolute Gasteiger partial charge is 0.378 e. The molecule has 0 radical (unpaired) electrons. The first-order chi connectivity index (χ1) is 9.92. The number of hydrogen-bond acceptors (Lipinski definition) is 3. The van der Waals surface area contributed by atoms with Gasteiger partial charge in [-0.3, -0.25) is 0 Å². The number of rotatable bonds is 5. The van der Waals surface area contributed by atoms with Crippen molar-refractivity contribution in [3.8, 4) is 0 Å². The number of anilines is 1. The highest BCUT2D eigenvalue weighted by molar-refractivity contribution is 9.10. The minimum atomic E-state index is -3.42. The van der Waals surface area contributed by atoms with Crippen LogP contribution in [0.3, 0.4) is 0 Å². The van der Waals surface area contributed by atoms with Gasteiger partial charge >= 0.3 is 0 Å². The van der Waals surface area contributed by atoms with Crippen molar-refractivity contribution in [3.63, 3.8) is 0 Å². The molecule has 0 saturated heterocycles. The molecule has 2 aromatic carbocycles. The van der Waals surface area contributed by atoms with Crippen LogP contribution in [0.4, 0.5) is 5.69 Å². The highest BCUT2D eigenvalue weighted by Crippen LogP contribution is 2.22. The van der Waals surface area contributed by atoms with Gasteiger partial charge in [-0.25, -0.2) is 13.1 Å². The first-order valence-corrected chi connectivity index (χ1v) is 8.75. The SMILES string of the molecule is CNS(=O)(=O)c1cccc(NC(C)c2ccc(Br)cc2)c1. The summed E-state index contributed by atoms with van der Waals surface area (Å²) in [6, 6.07) is 14.9. The van der Waals surface area contributed by atoms with Crippen molar-refractivity contribution in [3.05, 3.63) is 58.6 Å². The van der Waals surface area contributed by atoms with Gasteiger partial charge in [-0.15, -0.1) is 0 Å². The zero-order valence-electron chi connectivity index (χ0n) is 11.8. The van der Waals surface area contributed by atoms with E-state index in [1.807, 2.05) is 37.3 Å². The van der Waals surface area contributed by atoms with Crippen molar-refractivity contribution >= 4 is 31.6 Å². The Hall–Kier alpha value is -1.37. The number of halogens is 1. The minimum Gasteiger partial charge on any atom is -0.378 e. The normalized spacial score (nSPS) is 12.9. The second kappa shape index (κ2) is 6.60. The van der Waals surface area contributed by atoms with Crippen molar-refractivity contribution in [1.29, 1.82) is 0 Å². The molecule has 1 atom stereocenters. The van der Waals surface area contributed by atoms with Gasteiger partial charge in [0, 0.05) is 16.2 Å². The molecule has 0 spiro atoms. The summed E-state index contributed by atoms with van der Waals surface area (Å²) in [7, 11) is -2.02. The molecule has 0 saturated carbocycles. The Kier molecular flexibility index (Phi) is 5.03. The molecule has 2 N–H and O–H groups in total. The van der Waals surface area contributed by atoms with E-state index in [0.717, 1.165) is 15.7 Å². The summed E-state index contributed by atoms with van der Waals surface area (Å²) < 4.78 is 26.9. The van der Waals surface area contributed by atoms with Gasteiger partial charge in [0.05, 0.1) is 4.90 Å². The molecule has 0 aliphatic carbocycles.